The van der Waals surface area contributed by atoms with Crippen molar-refractivity contribution in [3.63, 3.8) is 0 Å². The molecule has 182 valence electrons. The molecular weight excluding hydrogens is 432 g/mol. The minimum Gasteiger partial charge on any atom is -0.493 e. The summed E-state index contributed by atoms with van der Waals surface area (Å²) >= 11 is 0. The number of rotatable bonds is 11. The second-order valence-electron chi connectivity index (χ2n) is 8.65. The predicted octanol–water partition coefficient (Wildman–Crippen LogP) is 3.25. The quantitative estimate of drug-likeness (QED) is 0.168. The lowest BCUT2D eigenvalue weighted by Gasteiger charge is -2.26. The van der Waals surface area contributed by atoms with Gasteiger partial charge in [0.05, 0.1) is 12.4 Å². The highest BCUT2D eigenvalue weighted by molar-refractivity contribution is 5.95. The van der Waals surface area contributed by atoms with Crippen LogP contribution >= 0.6 is 0 Å². The average Bonchev–Trinajstić information content (AvgIpc) is 2.80. The Morgan fingerprint density at radius 1 is 0.912 bits per heavy atom. The summed E-state index contributed by atoms with van der Waals surface area (Å²) in [6.07, 6.45) is 5.56. The summed E-state index contributed by atoms with van der Waals surface area (Å²) in [6.45, 7) is 0.436. The molecule has 1 saturated carbocycles. The van der Waals surface area contributed by atoms with Crippen molar-refractivity contribution in [1.82, 2.24) is 5.32 Å². The van der Waals surface area contributed by atoms with Crippen LogP contribution in [0.5, 0.6) is 17.2 Å². The molecule has 0 aliphatic heterocycles. The Morgan fingerprint density at radius 3 is 2.24 bits per heavy atom. The van der Waals surface area contributed by atoms with Crippen molar-refractivity contribution in [1.29, 1.82) is 10.8 Å². The maximum Gasteiger partial charge on any atom is 0.251 e. The van der Waals surface area contributed by atoms with Gasteiger partial charge in [-0.3, -0.25) is 15.6 Å². The molecule has 1 amide bonds. The van der Waals surface area contributed by atoms with Gasteiger partial charge in [0.2, 0.25) is 0 Å². The number of nitrogens with one attached hydrogen (secondary N) is 3. The molecule has 0 unspecified atom stereocenters. The molecule has 34 heavy (non-hydrogen) atoms. The molecular formula is C25H34N6O3. The van der Waals surface area contributed by atoms with E-state index in [2.05, 4.69) is 5.32 Å². The maximum atomic E-state index is 13.0. The first-order valence-corrected chi connectivity index (χ1v) is 11.6. The summed E-state index contributed by atoms with van der Waals surface area (Å²) in [5.41, 5.74) is 17.9. The summed E-state index contributed by atoms with van der Waals surface area (Å²) in [6, 6.07) is 12.3. The molecule has 0 aromatic heterocycles. The van der Waals surface area contributed by atoms with E-state index >= 15 is 0 Å². The van der Waals surface area contributed by atoms with Crippen LogP contribution in [0.3, 0.4) is 0 Å². The van der Waals surface area contributed by atoms with Crippen LogP contribution in [0.25, 0.3) is 0 Å². The second-order valence-corrected chi connectivity index (χ2v) is 8.65. The van der Waals surface area contributed by atoms with Gasteiger partial charge in [0.1, 0.15) is 23.1 Å². The zero-order valence-electron chi connectivity index (χ0n) is 19.3. The summed E-state index contributed by atoms with van der Waals surface area (Å²) in [4.78, 5) is 13.0. The molecule has 0 bridgehead atoms. The van der Waals surface area contributed by atoms with Crippen molar-refractivity contribution in [2.24, 2.45) is 17.2 Å². The van der Waals surface area contributed by atoms with E-state index in [-0.39, 0.29) is 29.7 Å². The third-order valence-electron chi connectivity index (χ3n) is 5.76. The molecule has 1 fully saturated rings. The Kier molecular flexibility index (Phi) is 8.86. The van der Waals surface area contributed by atoms with E-state index in [0.717, 1.165) is 38.5 Å². The highest BCUT2D eigenvalue weighted by Crippen LogP contribution is 2.28. The van der Waals surface area contributed by atoms with Crippen LogP contribution in [0.4, 0.5) is 0 Å². The van der Waals surface area contributed by atoms with Crippen molar-refractivity contribution in [2.45, 2.75) is 57.0 Å². The zero-order chi connectivity index (χ0) is 24.5. The molecule has 0 spiro atoms. The van der Waals surface area contributed by atoms with E-state index in [1.165, 1.54) is 0 Å². The van der Waals surface area contributed by atoms with Gasteiger partial charge in [-0.1, -0.05) is 0 Å². The number of hydrogen-bond donors (Lipinski definition) is 6. The van der Waals surface area contributed by atoms with Crippen LogP contribution in [0.15, 0.2) is 42.5 Å². The van der Waals surface area contributed by atoms with Crippen molar-refractivity contribution in [3.05, 3.63) is 53.6 Å². The minimum atomic E-state index is -0.181. The number of carbonyl (C=O) groups excluding carboxylic acids is 1. The Hall–Kier alpha value is -3.59. The summed E-state index contributed by atoms with van der Waals surface area (Å²) in [5, 5.41) is 17.9. The first-order chi connectivity index (χ1) is 16.3. The predicted molar refractivity (Wildman–Crippen MR) is 133 cm³/mol. The third kappa shape index (κ3) is 7.77. The topological polar surface area (TPSA) is 173 Å². The van der Waals surface area contributed by atoms with Gasteiger partial charge in [-0.25, -0.2) is 0 Å². The Morgan fingerprint density at radius 2 is 1.59 bits per heavy atom. The van der Waals surface area contributed by atoms with E-state index in [1.807, 2.05) is 0 Å². The fraction of sp³-hybridized carbons (Fsp3) is 0.400. The fourth-order valence-electron chi connectivity index (χ4n) is 3.82. The van der Waals surface area contributed by atoms with Gasteiger partial charge in [-0.15, -0.1) is 0 Å². The van der Waals surface area contributed by atoms with Crippen LogP contribution in [0.1, 0.15) is 60.9 Å². The molecule has 0 saturated heterocycles. The van der Waals surface area contributed by atoms with Gasteiger partial charge < -0.3 is 32.0 Å². The first-order valence-electron chi connectivity index (χ1n) is 11.6. The minimum absolute atomic E-state index is 0.0191. The SMILES string of the molecule is N=C(N)CCCCOc1cc(Oc2ccc(C(=N)N)cc2)cc(C(=O)NC2CCC(N)CC2)c1. The Bertz CT molecular complexity index is 1000. The first kappa shape index (κ1) is 25.0. The normalized spacial score (nSPS) is 17.6. The molecule has 1 aliphatic carbocycles. The summed E-state index contributed by atoms with van der Waals surface area (Å²) in [5.74, 6) is 1.50. The average molecular weight is 467 g/mol. The van der Waals surface area contributed by atoms with Crippen molar-refractivity contribution >= 4 is 17.6 Å². The number of hydrogen-bond acceptors (Lipinski definition) is 6. The second kappa shape index (κ2) is 12.0. The van der Waals surface area contributed by atoms with Gasteiger partial charge in [-0.05, 0) is 74.9 Å². The number of ether oxygens (including phenoxy) is 2. The number of amidine groups is 2. The number of carbonyl (C=O) groups is 1. The number of nitrogens with two attached hydrogens (primary N) is 3. The zero-order valence-corrected chi connectivity index (χ0v) is 19.3. The molecule has 9 N–H and O–H groups in total. The monoisotopic (exact) mass is 466 g/mol. The van der Waals surface area contributed by atoms with Crippen LogP contribution in [0.2, 0.25) is 0 Å². The Labute approximate surface area is 200 Å². The highest BCUT2D eigenvalue weighted by atomic mass is 16.5. The number of benzene rings is 2. The molecule has 0 radical (unpaired) electrons. The van der Waals surface area contributed by atoms with Crippen molar-refractivity contribution < 1.29 is 14.3 Å². The smallest absolute Gasteiger partial charge is 0.251 e. The molecule has 3 rings (SSSR count). The van der Waals surface area contributed by atoms with Gasteiger partial charge in [0.15, 0.2) is 0 Å². The van der Waals surface area contributed by atoms with E-state index in [9.17, 15) is 4.79 Å². The molecule has 0 atom stereocenters. The standard InChI is InChI=1S/C25H34N6O3/c26-18-6-8-19(9-7-18)31-25(32)17-13-21(33-12-2-1-3-23(27)28)15-22(14-17)34-20-10-4-16(5-11-20)24(29)30/h4-5,10-11,13-15,18-19H,1-3,6-9,12,26H2,(H3,27,28)(H3,29,30)(H,31,32). The summed E-state index contributed by atoms with van der Waals surface area (Å²) < 4.78 is 11.9. The highest BCUT2D eigenvalue weighted by Gasteiger charge is 2.21. The summed E-state index contributed by atoms with van der Waals surface area (Å²) in [7, 11) is 0. The van der Waals surface area contributed by atoms with Gasteiger partial charge in [0.25, 0.3) is 5.91 Å². The Balaban J connectivity index is 1.72. The van der Waals surface area contributed by atoms with Gasteiger partial charge in [0, 0.05) is 35.7 Å². The molecule has 2 aromatic carbocycles. The van der Waals surface area contributed by atoms with E-state index in [4.69, 9.17) is 37.5 Å². The lowest BCUT2D eigenvalue weighted by Crippen LogP contribution is -2.40. The van der Waals surface area contributed by atoms with Crippen molar-refractivity contribution in [3.8, 4) is 17.2 Å². The molecule has 2 aromatic rings. The van der Waals surface area contributed by atoms with Crippen molar-refractivity contribution in [2.75, 3.05) is 6.61 Å². The van der Waals surface area contributed by atoms with Crippen LogP contribution in [-0.4, -0.2) is 36.3 Å². The van der Waals surface area contributed by atoms with Gasteiger partial charge >= 0.3 is 0 Å². The number of nitrogen functional groups attached to an aromatic ring is 1. The van der Waals surface area contributed by atoms with E-state index in [1.54, 1.807) is 42.5 Å². The maximum absolute atomic E-state index is 13.0. The van der Waals surface area contributed by atoms with Crippen LogP contribution < -0.4 is 32.0 Å². The lowest BCUT2D eigenvalue weighted by atomic mass is 9.91. The van der Waals surface area contributed by atoms with E-state index in [0.29, 0.717) is 41.4 Å². The number of amides is 1. The largest absolute Gasteiger partial charge is 0.493 e. The molecule has 9 nitrogen and oxygen atoms in total. The van der Waals surface area contributed by atoms with Gasteiger partial charge in [-0.2, -0.15) is 0 Å². The third-order valence-corrected chi connectivity index (χ3v) is 5.76. The fourth-order valence-corrected chi connectivity index (χ4v) is 3.82. The van der Waals surface area contributed by atoms with Crippen LogP contribution in [-0.2, 0) is 0 Å². The molecule has 1 aliphatic rings. The van der Waals surface area contributed by atoms with E-state index < -0.39 is 0 Å². The molecule has 9 heteroatoms. The van der Waals surface area contributed by atoms with Crippen LogP contribution in [0, 0.1) is 10.8 Å². The lowest BCUT2D eigenvalue weighted by molar-refractivity contribution is 0.0925. The molecule has 0 heterocycles. The number of unbranched alkanes of at least 4 members (excludes halogenated alkanes) is 1.